The van der Waals surface area contributed by atoms with E-state index >= 15 is 0 Å². The Morgan fingerprint density at radius 1 is 1.10 bits per heavy atom. The summed E-state index contributed by atoms with van der Waals surface area (Å²) in [5, 5.41) is 3.89. The number of rotatable bonds is 4. The molecule has 0 heterocycles. The van der Waals surface area contributed by atoms with Gasteiger partial charge in [0.15, 0.2) is 0 Å². The van der Waals surface area contributed by atoms with Crippen molar-refractivity contribution < 1.29 is 0 Å². The predicted molar refractivity (Wildman–Crippen MR) is 85.9 cm³/mol. The van der Waals surface area contributed by atoms with E-state index in [1.54, 1.807) is 0 Å². The fourth-order valence-corrected chi connectivity index (χ4v) is 4.74. The molecule has 0 spiro atoms. The standard InChI is InChI=1S/C19H29N/c1-12-5-6-13(2)18(9-12)14(3)20-15(4)19-11-16-7-8-17(19)10-16/h5-6,9,14-17,19-20H,7-8,10-11H2,1-4H3. The van der Waals surface area contributed by atoms with Crippen molar-refractivity contribution in [2.24, 2.45) is 17.8 Å². The summed E-state index contributed by atoms with van der Waals surface area (Å²) < 4.78 is 0. The minimum Gasteiger partial charge on any atom is -0.307 e. The number of hydrogen-bond acceptors (Lipinski definition) is 1. The summed E-state index contributed by atoms with van der Waals surface area (Å²) in [5.74, 6) is 2.97. The Kier molecular flexibility index (Phi) is 3.90. The molecular formula is C19H29N. The topological polar surface area (TPSA) is 12.0 Å². The summed E-state index contributed by atoms with van der Waals surface area (Å²) in [6.45, 7) is 9.16. The van der Waals surface area contributed by atoms with Crippen molar-refractivity contribution in [2.75, 3.05) is 0 Å². The van der Waals surface area contributed by atoms with E-state index < -0.39 is 0 Å². The molecule has 2 saturated carbocycles. The average molecular weight is 271 g/mol. The average Bonchev–Trinajstić information content (AvgIpc) is 3.03. The third kappa shape index (κ3) is 2.65. The summed E-state index contributed by atoms with van der Waals surface area (Å²) in [6.07, 6.45) is 5.96. The Bertz CT molecular complexity index is 479. The molecule has 0 aromatic heterocycles. The van der Waals surface area contributed by atoms with E-state index in [9.17, 15) is 0 Å². The van der Waals surface area contributed by atoms with Crippen LogP contribution in [0.4, 0.5) is 0 Å². The molecule has 1 aromatic rings. The molecule has 3 rings (SSSR count). The molecule has 20 heavy (non-hydrogen) atoms. The van der Waals surface area contributed by atoms with Crippen molar-refractivity contribution in [1.82, 2.24) is 5.32 Å². The molecule has 0 aliphatic heterocycles. The lowest BCUT2D eigenvalue weighted by atomic mass is 9.83. The first-order chi connectivity index (χ1) is 9.54. The fraction of sp³-hybridized carbons (Fsp3) is 0.684. The maximum atomic E-state index is 3.89. The molecule has 110 valence electrons. The maximum Gasteiger partial charge on any atom is 0.0297 e. The highest BCUT2D eigenvalue weighted by Crippen LogP contribution is 2.49. The van der Waals surface area contributed by atoms with E-state index in [4.69, 9.17) is 0 Å². The van der Waals surface area contributed by atoms with Crippen LogP contribution in [0.15, 0.2) is 18.2 Å². The fourth-order valence-electron chi connectivity index (χ4n) is 4.74. The zero-order valence-corrected chi connectivity index (χ0v) is 13.4. The van der Waals surface area contributed by atoms with Crippen LogP contribution in [0.5, 0.6) is 0 Å². The number of nitrogens with one attached hydrogen (secondary N) is 1. The Balaban J connectivity index is 1.66. The van der Waals surface area contributed by atoms with E-state index in [0.717, 1.165) is 17.8 Å². The molecule has 2 fully saturated rings. The Morgan fingerprint density at radius 2 is 1.90 bits per heavy atom. The van der Waals surface area contributed by atoms with E-state index in [2.05, 4.69) is 51.2 Å². The van der Waals surface area contributed by atoms with Crippen LogP contribution in [0, 0.1) is 31.6 Å². The normalized spacial score (nSPS) is 31.5. The van der Waals surface area contributed by atoms with Crippen LogP contribution in [0.2, 0.25) is 0 Å². The third-order valence-electron chi connectivity index (χ3n) is 5.85. The summed E-state index contributed by atoms with van der Waals surface area (Å²) >= 11 is 0. The van der Waals surface area contributed by atoms with Gasteiger partial charge in [0, 0.05) is 12.1 Å². The van der Waals surface area contributed by atoms with Crippen molar-refractivity contribution in [3.8, 4) is 0 Å². The molecule has 0 saturated heterocycles. The van der Waals surface area contributed by atoms with Crippen molar-refractivity contribution in [1.29, 1.82) is 0 Å². The van der Waals surface area contributed by atoms with Gasteiger partial charge >= 0.3 is 0 Å². The molecule has 5 unspecified atom stereocenters. The summed E-state index contributed by atoms with van der Waals surface area (Å²) in [7, 11) is 0. The van der Waals surface area contributed by atoms with Gasteiger partial charge in [0.05, 0.1) is 0 Å². The summed E-state index contributed by atoms with van der Waals surface area (Å²) in [6, 6.07) is 7.93. The monoisotopic (exact) mass is 271 g/mol. The van der Waals surface area contributed by atoms with Crippen LogP contribution >= 0.6 is 0 Å². The van der Waals surface area contributed by atoms with E-state index in [1.165, 1.54) is 42.4 Å². The number of aryl methyl sites for hydroxylation is 2. The van der Waals surface area contributed by atoms with Gasteiger partial charge in [0.25, 0.3) is 0 Å². The lowest BCUT2D eigenvalue weighted by molar-refractivity contribution is 0.248. The van der Waals surface area contributed by atoms with Gasteiger partial charge in [-0.3, -0.25) is 0 Å². The van der Waals surface area contributed by atoms with Gasteiger partial charge in [-0.15, -0.1) is 0 Å². The molecule has 2 aliphatic carbocycles. The van der Waals surface area contributed by atoms with Crippen molar-refractivity contribution in [3.63, 3.8) is 0 Å². The quantitative estimate of drug-likeness (QED) is 0.831. The molecule has 1 nitrogen and oxygen atoms in total. The summed E-state index contributed by atoms with van der Waals surface area (Å²) in [4.78, 5) is 0. The predicted octanol–water partition coefficient (Wildman–Crippen LogP) is 4.78. The molecular weight excluding hydrogens is 242 g/mol. The van der Waals surface area contributed by atoms with Gasteiger partial charge in [-0.1, -0.05) is 30.2 Å². The van der Waals surface area contributed by atoms with E-state index in [0.29, 0.717) is 12.1 Å². The van der Waals surface area contributed by atoms with Crippen LogP contribution in [0.1, 0.15) is 62.3 Å². The van der Waals surface area contributed by atoms with Crippen molar-refractivity contribution in [3.05, 3.63) is 34.9 Å². The first-order valence-electron chi connectivity index (χ1n) is 8.37. The molecule has 1 N–H and O–H groups in total. The zero-order chi connectivity index (χ0) is 14.3. The minimum absolute atomic E-state index is 0.462. The van der Waals surface area contributed by atoms with Crippen LogP contribution in [0.3, 0.4) is 0 Å². The van der Waals surface area contributed by atoms with Crippen LogP contribution < -0.4 is 5.32 Å². The molecule has 0 amide bonds. The summed E-state index contributed by atoms with van der Waals surface area (Å²) in [5.41, 5.74) is 4.25. The second-order valence-corrected chi connectivity index (χ2v) is 7.38. The highest BCUT2D eigenvalue weighted by atomic mass is 15.0. The van der Waals surface area contributed by atoms with Gasteiger partial charge in [-0.25, -0.2) is 0 Å². The van der Waals surface area contributed by atoms with Gasteiger partial charge in [-0.2, -0.15) is 0 Å². The lowest BCUT2D eigenvalue weighted by Gasteiger charge is -2.31. The third-order valence-corrected chi connectivity index (χ3v) is 5.85. The molecule has 2 bridgehead atoms. The van der Waals surface area contributed by atoms with Crippen LogP contribution in [-0.2, 0) is 0 Å². The van der Waals surface area contributed by atoms with Gasteiger partial charge < -0.3 is 5.32 Å². The number of benzene rings is 1. The minimum atomic E-state index is 0.462. The Morgan fingerprint density at radius 3 is 2.55 bits per heavy atom. The molecule has 0 radical (unpaired) electrons. The highest BCUT2D eigenvalue weighted by molar-refractivity contribution is 5.32. The van der Waals surface area contributed by atoms with E-state index in [1.807, 2.05) is 0 Å². The second-order valence-electron chi connectivity index (χ2n) is 7.38. The Hall–Kier alpha value is -0.820. The SMILES string of the molecule is Cc1ccc(C)c(C(C)NC(C)C2CC3CCC2C3)c1. The number of hydrogen-bond donors (Lipinski definition) is 1. The number of fused-ring (bicyclic) bond motifs is 2. The molecule has 1 heteroatoms. The first-order valence-corrected chi connectivity index (χ1v) is 8.37. The largest absolute Gasteiger partial charge is 0.307 e. The Labute approximate surface area is 124 Å². The maximum absolute atomic E-state index is 3.89. The van der Waals surface area contributed by atoms with Gasteiger partial charge in [0.1, 0.15) is 0 Å². The van der Waals surface area contributed by atoms with Gasteiger partial charge in [0.2, 0.25) is 0 Å². The van der Waals surface area contributed by atoms with Crippen LogP contribution in [0.25, 0.3) is 0 Å². The molecule has 1 aromatic carbocycles. The zero-order valence-electron chi connectivity index (χ0n) is 13.4. The van der Waals surface area contributed by atoms with Gasteiger partial charge in [-0.05, 0) is 75.8 Å². The highest BCUT2D eigenvalue weighted by Gasteiger charge is 2.41. The lowest BCUT2D eigenvalue weighted by Crippen LogP contribution is -2.38. The second kappa shape index (κ2) is 5.52. The molecule has 5 atom stereocenters. The smallest absolute Gasteiger partial charge is 0.0297 e. The van der Waals surface area contributed by atoms with Crippen molar-refractivity contribution in [2.45, 2.75) is 65.5 Å². The molecule has 2 aliphatic rings. The van der Waals surface area contributed by atoms with Crippen LogP contribution in [-0.4, -0.2) is 6.04 Å². The van der Waals surface area contributed by atoms with E-state index in [-0.39, 0.29) is 0 Å². The van der Waals surface area contributed by atoms with Crippen molar-refractivity contribution >= 4 is 0 Å². The first kappa shape index (κ1) is 14.1.